The average molecular weight is 260 g/mol. The molecule has 1 aliphatic rings. The summed E-state index contributed by atoms with van der Waals surface area (Å²) < 4.78 is 5.70. The molecule has 3 nitrogen and oxygen atoms in total. The molecule has 2 aromatic rings. The number of aromatic nitrogens is 1. The van der Waals surface area contributed by atoms with Gasteiger partial charge in [0, 0.05) is 30.5 Å². The van der Waals surface area contributed by atoms with Gasteiger partial charge in [0.05, 0.1) is 23.4 Å². The van der Waals surface area contributed by atoms with E-state index in [1.807, 2.05) is 18.2 Å². The first kappa shape index (κ1) is 11.8. The second-order valence-corrected chi connectivity index (χ2v) is 5.34. The van der Waals surface area contributed by atoms with Crippen molar-refractivity contribution in [2.75, 3.05) is 19.7 Å². The average Bonchev–Trinajstić information content (AvgIpc) is 2.89. The Balaban J connectivity index is 1.69. The van der Waals surface area contributed by atoms with Gasteiger partial charge in [0.1, 0.15) is 0 Å². The highest BCUT2D eigenvalue weighted by atomic mass is 32.1. The Morgan fingerprint density at radius 3 is 3.00 bits per heavy atom. The summed E-state index contributed by atoms with van der Waals surface area (Å²) in [6, 6.07) is 10.3. The molecule has 1 N–H and O–H groups in total. The van der Waals surface area contributed by atoms with Crippen molar-refractivity contribution in [3.05, 3.63) is 40.7 Å². The van der Waals surface area contributed by atoms with Crippen LogP contribution in [0.5, 0.6) is 0 Å². The molecule has 1 unspecified atom stereocenters. The maximum atomic E-state index is 5.70. The van der Waals surface area contributed by atoms with Crippen molar-refractivity contribution >= 4 is 11.3 Å². The Morgan fingerprint density at radius 1 is 1.33 bits per heavy atom. The molecular weight excluding hydrogens is 244 g/mol. The van der Waals surface area contributed by atoms with Gasteiger partial charge >= 0.3 is 0 Å². The molecule has 3 rings (SSSR count). The molecule has 0 saturated carbocycles. The van der Waals surface area contributed by atoms with Crippen LogP contribution in [0.4, 0.5) is 0 Å². The molecule has 0 bridgehead atoms. The number of ether oxygens (including phenoxy) is 1. The maximum Gasteiger partial charge on any atom is 0.0958 e. The van der Waals surface area contributed by atoms with Gasteiger partial charge in [-0.3, -0.25) is 0 Å². The third kappa shape index (κ3) is 2.77. The first-order chi connectivity index (χ1) is 8.92. The predicted octanol–water partition coefficient (Wildman–Crippen LogP) is 2.34. The third-order valence-electron chi connectivity index (χ3n) is 3.03. The van der Waals surface area contributed by atoms with Gasteiger partial charge in [-0.15, -0.1) is 11.3 Å². The Labute approximate surface area is 111 Å². The Bertz CT molecular complexity index is 492. The zero-order valence-corrected chi connectivity index (χ0v) is 11.0. The third-order valence-corrected chi connectivity index (χ3v) is 3.90. The zero-order chi connectivity index (χ0) is 12.2. The number of thiazole rings is 1. The molecule has 1 aliphatic heterocycles. The second kappa shape index (κ2) is 5.61. The second-order valence-electron chi connectivity index (χ2n) is 4.39. The van der Waals surface area contributed by atoms with E-state index >= 15 is 0 Å². The number of hydrogen-bond acceptors (Lipinski definition) is 4. The van der Waals surface area contributed by atoms with E-state index in [4.69, 9.17) is 4.74 Å². The molecule has 18 heavy (non-hydrogen) atoms. The molecule has 94 valence electrons. The number of rotatable bonds is 3. The van der Waals surface area contributed by atoms with Crippen LogP contribution in [0.3, 0.4) is 0 Å². The van der Waals surface area contributed by atoms with Crippen LogP contribution in [0.25, 0.3) is 11.3 Å². The summed E-state index contributed by atoms with van der Waals surface area (Å²) in [5.74, 6) is 0. The molecule has 1 atom stereocenters. The lowest BCUT2D eigenvalue weighted by molar-refractivity contribution is 0.0292. The molecule has 0 radical (unpaired) electrons. The van der Waals surface area contributed by atoms with Crippen LogP contribution in [0.2, 0.25) is 0 Å². The first-order valence-electron chi connectivity index (χ1n) is 6.24. The standard InChI is InChI=1S/C14H16N2OS/c1-2-4-11(5-3-1)13-10-18-14(16-13)8-12-9-15-6-7-17-12/h1-5,10,12,15H,6-9H2. The van der Waals surface area contributed by atoms with Gasteiger partial charge in [0.15, 0.2) is 0 Å². The van der Waals surface area contributed by atoms with Crippen LogP contribution in [0.15, 0.2) is 35.7 Å². The van der Waals surface area contributed by atoms with Crippen LogP contribution in [-0.2, 0) is 11.2 Å². The van der Waals surface area contributed by atoms with E-state index in [1.165, 1.54) is 5.56 Å². The Kier molecular flexibility index (Phi) is 3.69. The highest BCUT2D eigenvalue weighted by Crippen LogP contribution is 2.22. The fourth-order valence-electron chi connectivity index (χ4n) is 2.09. The smallest absolute Gasteiger partial charge is 0.0958 e. The number of nitrogens with one attached hydrogen (secondary N) is 1. The molecule has 2 heterocycles. The van der Waals surface area contributed by atoms with Crippen molar-refractivity contribution in [1.29, 1.82) is 0 Å². The van der Waals surface area contributed by atoms with Crippen molar-refractivity contribution in [2.24, 2.45) is 0 Å². The van der Waals surface area contributed by atoms with Gasteiger partial charge in [-0.05, 0) is 0 Å². The Hall–Kier alpha value is -1.23. The van der Waals surface area contributed by atoms with E-state index in [1.54, 1.807) is 11.3 Å². The fraction of sp³-hybridized carbons (Fsp3) is 0.357. The highest BCUT2D eigenvalue weighted by Gasteiger charge is 2.16. The molecule has 0 amide bonds. The van der Waals surface area contributed by atoms with Crippen molar-refractivity contribution < 1.29 is 4.74 Å². The molecule has 1 aromatic heterocycles. The van der Waals surface area contributed by atoms with Gasteiger partial charge in [-0.1, -0.05) is 30.3 Å². The minimum atomic E-state index is 0.272. The number of benzene rings is 1. The fourth-order valence-corrected chi connectivity index (χ4v) is 2.96. The van der Waals surface area contributed by atoms with Crippen molar-refractivity contribution in [3.8, 4) is 11.3 Å². The zero-order valence-electron chi connectivity index (χ0n) is 10.1. The van der Waals surface area contributed by atoms with Crippen LogP contribution in [0, 0.1) is 0 Å². The highest BCUT2D eigenvalue weighted by molar-refractivity contribution is 7.09. The van der Waals surface area contributed by atoms with Crippen molar-refractivity contribution in [1.82, 2.24) is 10.3 Å². The number of nitrogens with zero attached hydrogens (tertiary/aromatic N) is 1. The summed E-state index contributed by atoms with van der Waals surface area (Å²) in [4.78, 5) is 4.69. The molecule has 1 aromatic carbocycles. The molecule has 1 saturated heterocycles. The molecule has 4 heteroatoms. The lowest BCUT2D eigenvalue weighted by atomic mass is 10.2. The van der Waals surface area contributed by atoms with E-state index < -0.39 is 0 Å². The largest absolute Gasteiger partial charge is 0.375 e. The lowest BCUT2D eigenvalue weighted by Gasteiger charge is -2.22. The van der Waals surface area contributed by atoms with Gasteiger partial charge in [0.25, 0.3) is 0 Å². The van der Waals surface area contributed by atoms with E-state index in [2.05, 4.69) is 27.8 Å². The lowest BCUT2D eigenvalue weighted by Crippen LogP contribution is -2.39. The summed E-state index contributed by atoms with van der Waals surface area (Å²) >= 11 is 1.72. The SMILES string of the molecule is c1ccc(-c2csc(CC3CNCCO3)n2)cc1. The topological polar surface area (TPSA) is 34.1 Å². The summed E-state index contributed by atoms with van der Waals surface area (Å²) in [7, 11) is 0. The van der Waals surface area contributed by atoms with Crippen LogP contribution >= 0.6 is 11.3 Å². The molecular formula is C14H16N2OS. The monoisotopic (exact) mass is 260 g/mol. The van der Waals surface area contributed by atoms with Gasteiger partial charge < -0.3 is 10.1 Å². The van der Waals surface area contributed by atoms with Crippen LogP contribution < -0.4 is 5.32 Å². The normalized spacial score (nSPS) is 19.9. The van der Waals surface area contributed by atoms with E-state index in [-0.39, 0.29) is 6.10 Å². The van der Waals surface area contributed by atoms with Crippen molar-refractivity contribution in [3.63, 3.8) is 0 Å². The van der Waals surface area contributed by atoms with Gasteiger partial charge in [-0.25, -0.2) is 4.98 Å². The van der Waals surface area contributed by atoms with Gasteiger partial charge in [-0.2, -0.15) is 0 Å². The predicted molar refractivity (Wildman–Crippen MR) is 73.9 cm³/mol. The summed E-state index contributed by atoms with van der Waals surface area (Å²) in [6.45, 7) is 2.70. The minimum Gasteiger partial charge on any atom is -0.375 e. The summed E-state index contributed by atoms with van der Waals surface area (Å²) in [5, 5.41) is 6.63. The first-order valence-corrected chi connectivity index (χ1v) is 7.12. The van der Waals surface area contributed by atoms with Crippen LogP contribution in [0.1, 0.15) is 5.01 Å². The van der Waals surface area contributed by atoms with E-state index in [0.29, 0.717) is 0 Å². The van der Waals surface area contributed by atoms with Crippen LogP contribution in [-0.4, -0.2) is 30.8 Å². The number of hydrogen-bond donors (Lipinski definition) is 1. The van der Waals surface area contributed by atoms with Crippen molar-refractivity contribution in [2.45, 2.75) is 12.5 Å². The van der Waals surface area contributed by atoms with E-state index in [9.17, 15) is 0 Å². The molecule has 0 aliphatic carbocycles. The number of morpholine rings is 1. The quantitative estimate of drug-likeness (QED) is 0.920. The molecule has 0 spiro atoms. The maximum absolute atomic E-state index is 5.70. The summed E-state index contributed by atoms with van der Waals surface area (Å²) in [5.41, 5.74) is 2.25. The Morgan fingerprint density at radius 2 is 2.22 bits per heavy atom. The van der Waals surface area contributed by atoms with Gasteiger partial charge in [0.2, 0.25) is 0 Å². The minimum absolute atomic E-state index is 0.272. The summed E-state index contributed by atoms with van der Waals surface area (Å²) in [6.07, 6.45) is 1.18. The van der Waals surface area contributed by atoms with E-state index in [0.717, 1.165) is 36.8 Å². The molecule has 1 fully saturated rings.